The van der Waals surface area contributed by atoms with Gasteiger partial charge in [0.05, 0.1) is 25.8 Å². The van der Waals surface area contributed by atoms with Gasteiger partial charge in [-0.3, -0.25) is 14.5 Å². The summed E-state index contributed by atoms with van der Waals surface area (Å²) in [7, 11) is 4.08. The summed E-state index contributed by atoms with van der Waals surface area (Å²) >= 11 is 0. The van der Waals surface area contributed by atoms with Gasteiger partial charge in [-0.1, -0.05) is 72.5 Å². The van der Waals surface area contributed by atoms with Gasteiger partial charge in [0.2, 0.25) is 5.91 Å². The van der Waals surface area contributed by atoms with Crippen LogP contribution in [0.25, 0.3) is 0 Å². The Hall–Kier alpha value is -3.71. The molecular formula is C35H44N4O4. The molecule has 3 aromatic rings. The van der Waals surface area contributed by atoms with E-state index < -0.39 is 24.2 Å². The Morgan fingerprint density at radius 3 is 2.42 bits per heavy atom. The van der Waals surface area contributed by atoms with Crippen LogP contribution in [0, 0.1) is 17.8 Å². The zero-order chi connectivity index (χ0) is 30.6. The predicted octanol–water partition coefficient (Wildman–Crippen LogP) is 3.29. The summed E-state index contributed by atoms with van der Waals surface area (Å²) in [6.07, 6.45) is -0.760. The number of hydrogen-bond acceptors (Lipinski definition) is 7. The number of para-hydroxylation sites is 1. The molecule has 1 fully saturated rings. The first-order chi connectivity index (χ1) is 20.9. The van der Waals surface area contributed by atoms with Crippen molar-refractivity contribution in [3.8, 4) is 11.8 Å². The Kier molecular flexibility index (Phi) is 12.2. The van der Waals surface area contributed by atoms with Crippen LogP contribution in [-0.2, 0) is 22.7 Å². The first-order valence-corrected chi connectivity index (χ1v) is 14.9. The minimum absolute atomic E-state index is 0.221. The maximum absolute atomic E-state index is 13.5. The van der Waals surface area contributed by atoms with Gasteiger partial charge in [0, 0.05) is 43.9 Å². The van der Waals surface area contributed by atoms with Gasteiger partial charge in [0.15, 0.2) is 0 Å². The normalized spacial score (nSPS) is 19.1. The van der Waals surface area contributed by atoms with E-state index in [0.717, 1.165) is 36.3 Å². The fourth-order valence-electron chi connectivity index (χ4n) is 5.47. The number of aliphatic hydroxyl groups excluding tert-OH is 2. The molecule has 0 unspecified atom stereocenters. The molecule has 0 radical (unpaired) electrons. The van der Waals surface area contributed by atoms with Crippen molar-refractivity contribution < 1.29 is 19.8 Å². The van der Waals surface area contributed by atoms with Gasteiger partial charge in [-0.05, 0) is 55.8 Å². The third-order valence-corrected chi connectivity index (χ3v) is 7.69. The lowest BCUT2D eigenvalue weighted by atomic mass is 9.89. The molecule has 0 saturated carbocycles. The van der Waals surface area contributed by atoms with Crippen molar-refractivity contribution in [3.63, 3.8) is 0 Å². The maximum atomic E-state index is 13.5. The Labute approximate surface area is 255 Å². The molecule has 228 valence electrons. The summed E-state index contributed by atoms with van der Waals surface area (Å²) in [4.78, 5) is 23.8. The van der Waals surface area contributed by atoms with Crippen LogP contribution >= 0.6 is 0 Å². The van der Waals surface area contributed by atoms with E-state index in [2.05, 4.69) is 51.2 Å². The molecule has 0 aromatic heterocycles. The molecule has 1 aliphatic rings. The summed E-state index contributed by atoms with van der Waals surface area (Å²) in [5, 5.41) is 25.2. The molecule has 0 bridgehead atoms. The molecule has 43 heavy (non-hydrogen) atoms. The van der Waals surface area contributed by atoms with Crippen LogP contribution in [0.4, 0.5) is 5.69 Å². The number of rotatable bonds is 13. The van der Waals surface area contributed by atoms with Crippen LogP contribution in [-0.4, -0.2) is 84.7 Å². The second-order valence-electron chi connectivity index (χ2n) is 11.2. The Morgan fingerprint density at radius 1 is 1.02 bits per heavy atom. The summed E-state index contributed by atoms with van der Waals surface area (Å²) in [6.45, 7) is 4.39. The number of benzene rings is 3. The number of anilines is 1. The van der Waals surface area contributed by atoms with Crippen LogP contribution in [0.3, 0.4) is 0 Å². The summed E-state index contributed by atoms with van der Waals surface area (Å²) < 4.78 is 0. The predicted molar refractivity (Wildman–Crippen MR) is 170 cm³/mol. The van der Waals surface area contributed by atoms with Crippen molar-refractivity contribution in [1.82, 2.24) is 15.3 Å². The highest BCUT2D eigenvalue weighted by Crippen LogP contribution is 2.32. The lowest BCUT2D eigenvalue weighted by molar-refractivity contribution is -0.181. The Morgan fingerprint density at radius 2 is 1.72 bits per heavy atom. The summed E-state index contributed by atoms with van der Waals surface area (Å²) in [5.74, 6) is 5.71. The highest BCUT2D eigenvalue weighted by atomic mass is 16.7. The van der Waals surface area contributed by atoms with Crippen LogP contribution < -0.4 is 10.2 Å². The zero-order valence-corrected chi connectivity index (χ0v) is 25.4. The van der Waals surface area contributed by atoms with Gasteiger partial charge in [-0.25, -0.2) is 0 Å². The first-order valence-electron chi connectivity index (χ1n) is 14.9. The van der Waals surface area contributed by atoms with Crippen molar-refractivity contribution in [1.29, 1.82) is 0 Å². The van der Waals surface area contributed by atoms with E-state index in [4.69, 9.17) is 4.84 Å². The molecule has 3 aromatic carbocycles. The monoisotopic (exact) mass is 584 g/mol. The van der Waals surface area contributed by atoms with Crippen LogP contribution in [0.1, 0.15) is 30.0 Å². The second kappa shape index (κ2) is 16.2. The average molecular weight is 585 g/mol. The number of hydrogen-bond donors (Lipinski definition) is 3. The third kappa shape index (κ3) is 9.39. The lowest BCUT2D eigenvalue weighted by Crippen LogP contribution is -2.49. The van der Waals surface area contributed by atoms with Crippen molar-refractivity contribution >= 4 is 11.6 Å². The molecule has 8 nitrogen and oxygen atoms in total. The van der Waals surface area contributed by atoms with Gasteiger partial charge in [-0.2, -0.15) is 5.06 Å². The van der Waals surface area contributed by atoms with E-state index in [1.807, 2.05) is 74.8 Å². The molecule has 3 N–H and O–H groups in total. The molecule has 8 heteroatoms. The highest BCUT2D eigenvalue weighted by molar-refractivity contribution is 5.82. The van der Waals surface area contributed by atoms with Crippen LogP contribution in [0.15, 0.2) is 84.9 Å². The number of nitrogens with one attached hydrogen (secondary N) is 1. The minimum Gasteiger partial charge on any atom is -0.394 e. The van der Waals surface area contributed by atoms with Crippen LogP contribution in [0.5, 0.6) is 0 Å². The van der Waals surface area contributed by atoms with E-state index in [1.54, 1.807) is 12.0 Å². The third-order valence-electron chi connectivity index (χ3n) is 7.69. The molecule has 1 heterocycles. The van der Waals surface area contributed by atoms with Crippen LogP contribution in [0.2, 0.25) is 0 Å². The quantitative estimate of drug-likeness (QED) is 0.210. The molecule has 1 saturated heterocycles. The van der Waals surface area contributed by atoms with Gasteiger partial charge < -0.3 is 20.4 Å². The standard InChI is InChI=1S/C35H44N4O4/c1-27(41)33-32(26-40)43-39(34(33)35(42)36-20-12-22-38(3)31-18-8-5-9-19-31)25-30-16-10-15-28(23-30)17-11-21-37(2)24-29-13-6-4-7-14-29/h4-10,13-16,18-19,23,27,32-34,40-41H,12,20-22,24-26H2,1-3H3,(H,36,42)/t27-,32-,33+,34-/m1/s1. The Balaban J connectivity index is 1.36. The van der Waals surface area contributed by atoms with E-state index in [-0.39, 0.29) is 12.5 Å². The minimum atomic E-state index is -0.841. The number of amides is 1. The fraction of sp³-hybridized carbons (Fsp3) is 0.400. The first kappa shape index (κ1) is 32.2. The maximum Gasteiger partial charge on any atom is 0.240 e. The number of aliphatic hydroxyl groups is 2. The summed E-state index contributed by atoms with van der Waals surface area (Å²) in [6, 6.07) is 27.5. The molecule has 1 aliphatic heterocycles. The van der Waals surface area contributed by atoms with Gasteiger partial charge >= 0.3 is 0 Å². The number of carbonyl (C=O) groups excluding carboxylic acids is 1. The number of carbonyl (C=O) groups is 1. The van der Waals surface area contributed by atoms with Crippen molar-refractivity contribution in [3.05, 3.63) is 102 Å². The van der Waals surface area contributed by atoms with Crippen molar-refractivity contribution in [2.45, 2.75) is 44.7 Å². The zero-order valence-electron chi connectivity index (χ0n) is 25.4. The van der Waals surface area contributed by atoms with E-state index >= 15 is 0 Å². The summed E-state index contributed by atoms with van der Waals surface area (Å²) in [5.41, 5.74) is 4.17. The van der Waals surface area contributed by atoms with E-state index in [9.17, 15) is 15.0 Å². The lowest BCUT2D eigenvalue weighted by Gasteiger charge is -2.26. The molecule has 0 aliphatic carbocycles. The molecule has 4 atom stereocenters. The second-order valence-corrected chi connectivity index (χ2v) is 11.2. The highest BCUT2D eigenvalue weighted by Gasteiger charge is 2.49. The van der Waals surface area contributed by atoms with Crippen molar-refractivity contribution in [2.75, 3.05) is 45.2 Å². The SMILES string of the molecule is C[C@@H](O)[C@H]1[C@@H](CO)ON(Cc2cccc(C#CCN(C)Cc3ccccc3)c2)[C@H]1C(=O)NCCCN(C)c1ccccc1. The van der Waals surface area contributed by atoms with E-state index in [1.165, 1.54) is 5.56 Å². The van der Waals surface area contributed by atoms with Gasteiger partial charge in [0.25, 0.3) is 0 Å². The van der Waals surface area contributed by atoms with Crippen molar-refractivity contribution in [2.24, 2.45) is 5.92 Å². The average Bonchev–Trinajstić information content (AvgIpc) is 3.39. The number of hydroxylamine groups is 2. The Bertz CT molecular complexity index is 1340. The van der Waals surface area contributed by atoms with E-state index in [0.29, 0.717) is 19.6 Å². The smallest absolute Gasteiger partial charge is 0.240 e. The molecular weight excluding hydrogens is 540 g/mol. The fourth-order valence-corrected chi connectivity index (χ4v) is 5.47. The van der Waals surface area contributed by atoms with Gasteiger partial charge in [-0.15, -0.1) is 0 Å². The molecule has 0 spiro atoms. The van der Waals surface area contributed by atoms with Gasteiger partial charge in [0.1, 0.15) is 12.1 Å². The topological polar surface area (TPSA) is 88.5 Å². The molecule has 1 amide bonds. The largest absolute Gasteiger partial charge is 0.394 e. The molecule has 4 rings (SSSR count). The number of nitrogens with zero attached hydrogens (tertiary/aromatic N) is 3.